The lowest BCUT2D eigenvalue weighted by molar-refractivity contribution is 0.0681. The highest BCUT2D eigenvalue weighted by Crippen LogP contribution is 2.30. The Bertz CT molecular complexity index is 720. The van der Waals surface area contributed by atoms with Crippen molar-refractivity contribution in [3.05, 3.63) is 23.5 Å². The van der Waals surface area contributed by atoms with Crippen LogP contribution in [0.15, 0.2) is 16.8 Å². The van der Waals surface area contributed by atoms with E-state index in [4.69, 9.17) is 4.52 Å². The minimum absolute atomic E-state index is 0. The molecule has 0 spiro atoms. The van der Waals surface area contributed by atoms with Gasteiger partial charge in [0.15, 0.2) is 0 Å². The molecule has 4 rings (SSSR count). The van der Waals surface area contributed by atoms with E-state index in [1.54, 1.807) is 6.20 Å². The molecule has 124 valence electrons. The Balaban J connectivity index is 0.00000156. The van der Waals surface area contributed by atoms with E-state index in [0.717, 1.165) is 23.9 Å². The van der Waals surface area contributed by atoms with E-state index in [9.17, 15) is 4.79 Å². The highest BCUT2D eigenvalue weighted by molar-refractivity contribution is 5.97. The van der Waals surface area contributed by atoms with Gasteiger partial charge in [0, 0.05) is 31.4 Å². The fourth-order valence-corrected chi connectivity index (χ4v) is 3.77. The summed E-state index contributed by atoms with van der Waals surface area (Å²) in [4.78, 5) is 18.9. The van der Waals surface area contributed by atoms with Crippen molar-refractivity contribution in [3.63, 3.8) is 0 Å². The van der Waals surface area contributed by atoms with Gasteiger partial charge in [-0.05, 0) is 38.7 Å². The van der Waals surface area contributed by atoms with E-state index in [1.165, 1.54) is 12.8 Å². The number of fused-ring (bicyclic) bond motifs is 3. The van der Waals surface area contributed by atoms with Gasteiger partial charge in [-0.2, -0.15) is 0 Å². The highest BCUT2D eigenvalue weighted by atomic mass is 35.5. The lowest BCUT2D eigenvalue weighted by Crippen LogP contribution is -2.48. The topological polar surface area (TPSA) is 71.3 Å². The number of carbonyl (C=O) groups is 1. The SMILES string of the molecule is Cc1noc2ncc(C(=O)N(C)C3CC4CCC(C3)N4)cc12.Cl. The van der Waals surface area contributed by atoms with Crippen molar-refractivity contribution in [2.24, 2.45) is 0 Å². The maximum atomic E-state index is 12.8. The summed E-state index contributed by atoms with van der Waals surface area (Å²) in [5.74, 6) is 0.0290. The maximum Gasteiger partial charge on any atom is 0.257 e. The molecule has 2 bridgehead atoms. The number of nitrogens with zero attached hydrogens (tertiary/aromatic N) is 3. The molecule has 0 aromatic carbocycles. The number of aromatic nitrogens is 2. The Morgan fingerprint density at radius 1 is 1.35 bits per heavy atom. The number of hydrogen-bond donors (Lipinski definition) is 1. The third kappa shape index (κ3) is 2.81. The summed E-state index contributed by atoms with van der Waals surface area (Å²) in [6, 6.07) is 3.29. The predicted octanol–water partition coefficient (Wildman–Crippen LogP) is 2.31. The minimum Gasteiger partial charge on any atom is -0.339 e. The second kappa shape index (κ2) is 6.09. The second-order valence-electron chi connectivity index (χ2n) is 6.52. The van der Waals surface area contributed by atoms with Crippen LogP contribution in [0.5, 0.6) is 0 Å². The van der Waals surface area contributed by atoms with Gasteiger partial charge < -0.3 is 14.7 Å². The van der Waals surface area contributed by atoms with Crippen molar-refractivity contribution >= 4 is 29.4 Å². The van der Waals surface area contributed by atoms with Gasteiger partial charge in [-0.3, -0.25) is 4.79 Å². The molecular formula is C16H21ClN4O2. The number of piperidine rings is 1. The zero-order valence-corrected chi connectivity index (χ0v) is 14.1. The molecule has 0 radical (unpaired) electrons. The van der Waals surface area contributed by atoms with Crippen molar-refractivity contribution in [2.45, 2.75) is 50.7 Å². The summed E-state index contributed by atoms with van der Waals surface area (Å²) in [6.07, 6.45) is 6.13. The van der Waals surface area contributed by atoms with Crippen LogP contribution in [0.3, 0.4) is 0 Å². The molecule has 2 fully saturated rings. The Morgan fingerprint density at radius 3 is 2.74 bits per heavy atom. The largest absolute Gasteiger partial charge is 0.339 e. The monoisotopic (exact) mass is 336 g/mol. The molecule has 2 aliphatic rings. The number of halogens is 1. The summed E-state index contributed by atoms with van der Waals surface area (Å²) >= 11 is 0. The summed E-state index contributed by atoms with van der Waals surface area (Å²) in [6.45, 7) is 1.86. The first-order valence-electron chi connectivity index (χ1n) is 7.87. The van der Waals surface area contributed by atoms with Gasteiger partial charge in [-0.25, -0.2) is 4.98 Å². The molecule has 2 aliphatic heterocycles. The first kappa shape index (κ1) is 16.2. The molecular weight excluding hydrogens is 316 g/mol. The number of aryl methyl sites for hydroxylation is 1. The molecule has 2 aromatic rings. The van der Waals surface area contributed by atoms with Crippen molar-refractivity contribution in [1.82, 2.24) is 20.4 Å². The standard InChI is InChI=1S/C16H20N4O2.ClH/c1-9-14-5-10(8-17-15(14)22-19-9)16(21)20(2)13-6-11-3-4-12(7-13)18-11;/h5,8,11-13,18H,3-4,6-7H2,1-2H3;1H. The summed E-state index contributed by atoms with van der Waals surface area (Å²) in [5, 5.41) is 8.31. The maximum absolute atomic E-state index is 12.8. The molecule has 1 amide bonds. The van der Waals surface area contributed by atoms with Gasteiger partial charge in [-0.15, -0.1) is 12.4 Å². The molecule has 0 aliphatic carbocycles. The van der Waals surface area contributed by atoms with Crippen LogP contribution in [0.2, 0.25) is 0 Å². The zero-order valence-electron chi connectivity index (χ0n) is 13.3. The van der Waals surface area contributed by atoms with E-state index in [1.807, 2.05) is 24.9 Å². The molecule has 2 atom stereocenters. The van der Waals surface area contributed by atoms with Crippen LogP contribution in [-0.2, 0) is 0 Å². The molecule has 2 saturated heterocycles. The van der Waals surface area contributed by atoms with E-state index in [2.05, 4.69) is 15.5 Å². The van der Waals surface area contributed by atoms with Crippen LogP contribution >= 0.6 is 12.4 Å². The predicted molar refractivity (Wildman–Crippen MR) is 88.9 cm³/mol. The Kier molecular flexibility index (Phi) is 4.29. The lowest BCUT2D eigenvalue weighted by atomic mass is 9.98. The lowest BCUT2D eigenvalue weighted by Gasteiger charge is -2.35. The van der Waals surface area contributed by atoms with Crippen LogP contribution in [-0.4, -0.2) is 46.1 Å². The molecule has 7 heteroatoms. The van der Waals surface area contributed by atoms with Gasteiger partial charge in [0.05, 0.1) is 16.6 Å². The number of rotatable bonds is 2. The Labute approximate surface area is 141 Å². The van der Waals surface area contributed by atoms with Crippen molar-refractivity contribution < 1.29 is 9.32 Å². The average Bonchev–Trinajstić information content (AvgIpc) is 3.08. The van der Waals surface area contributed by atoms with Crippen LogP contribution in [0.4, 0.5) is 0 Å². The van der Waals surface area contributed by atoms with Crippen LogP contribution in [0.25, 0.3) is 11.1 Å². The van der Waals surface area contributed by atoms with Gasteiger partial charge in [0.1, 0.15) is 0 Å². The third-order valence-corrected chi connectivity index (χ3v) is 5.07. The van der Waals surface area contributed by atoms with Gasteiger partial charge in [0.2, 0.25) is 0 Å². The molecule has 6 nitrogen and oxygen atoms in total. The summed E-state index contributed by atoms with van der Waals surface area (Å²) in [7, 11) is 1.91. The first-order chi connectivity index (χ1) is 10.6. The Hall–Kier alpha value is -1.66. The fourth-order valence-electron chi connectivity index (χ4n) is 3.77. The van der Waals surface area contributed by atoms with Crippen LogP contribution in [0.1, 0.15) is 41.7 Å². The highest BCUT2D eigenvalue weighted by Gasteiger charge is 2.36. The smallest absolute Gasteiger partial charge is 0.257 e. The van der Waals surface area contributed by atoms with Gasteiger partial charge in [-0.1, -0.05) is 5.16 Å². The first-order valence-corrected chi connectivity index (χ1v) is 7.87. The van der Waals surface area contributed by atoms with Crippen molar-refractivity contribution in [2.75, 3.05) is 7.05 Å². The summed E-state index contributed by atoms with van der Waals surface area (Å²) in [5.41, 5.74) is 1.85. The minimum atomic E-state index is 0. The number of hydrogen-bond acceptors (Lipinski definition) is 5. The van der Waals surface area contributed by atoms with E-state index >= 15 is 0 Å². The van der Waals surface area contributed by atoms with E-state index in [-0.39, 0.29) is 18.3 Å². The number of nitrogens with one attached hydrogen (secondary N) is 1. The number of amides is 1. The molecule has 2 aromatic heterocycles. The fraction of sp³-hybridized carbons (Fsp3) is 0.562. The van der Waals surface area contributed by atoms with Crippen LogP contribution in [0, 0.1) is 6.92 Å². The second-order valence-corrected chi connectivity index (χ2v) is 6.52. The Morgan fingerprint density at radius 2 is 2.04 bits per heavy atom. The summed E-state index contributed by atoms with van der Waals surface area (Å²) < 4.78 is 5.10. The number of carbonyl (C=O) groups excluding carboxylic acids is 1. The third-order valence-electron chi connectivity index (χ3n) is 5.07. The van der Waals surface area contributed by atoms with Crippen molar-refractivity contribution in [3.8, 4) is 0 Å². The molecule has 2 unspecified atom stereocenters. The molecule has 23 heavy (non-hydrogen) atoms. The zero-order chi connectivity index (χ0) is 15.3. The molecule has 4 heterocycles. The van der Waals surface area contributed by atoms with E-state index < -0.39 is 0 Å². The normalized spacial score (nSPS) is 26.1. The molecule has 0 saturated carbocycles. The quantitative estimate of drug-likeness (QED) is 0.911. The van der Waals surface area contributed by atoms with Crippen LogP contribution < -0.4 is 5.32 Å². The van der Waals surface area contributed by atoms with Crippen molar-refractivity contribution in [1.29, 1.82) is 0 Å². The number of pyridine rings is 1. The van der Waals surface area contributed by atoms with E-state index in [0.29, 0.717) is 29.4 Å². The average molecular weight is 337 g/mol. The van der Waals surface area contributed by atoms with Gasteiger partial charge >= 0.3 is 0 Å². The molecule has 1 N–H and O–H groups in total. The van der Waals surface area contributed by atoms with Gasteiger partial charge in [0.25, 0.3) is 11.6 Å².